The molecule has 0 aromatic rings. The first-order valence-electron chi connectivity index (χ1n) is 8.56. The Kier molecular flexibility index (Phi) is 6.94. The molecule has 1 amide bonds. The van der Waals surface area contributed by atoms with E-state index in [0.717, 1.165) is 25.7 Å². The van der Waals surface area contributed by atoms with Crippen molar-refractivity contribution < 1.29 is 14.3 Å². The predicted octanol–water partition coefficient (Wildman–Crippen LogP) is 4.05. The predicted molar refractivity (Wildman–Crippen MR) is 93.5 cm³/mol. The van der Waals surface area contributed by atoms with Gasteiger partial charge in [0.25, 0.3) is 0 Å². The molecule has 23 heavy (non-hydrogen) atoms. The fourth-order valence-corrected chi connectivity index (χ4v) is 4.84. The smallest absolute Gasteiger partial charge is 0.305 e. The Balaban J connectivity index is 2.85. The van der Waals surface area contributed by atoms with Crippen LogP contribution in [-0.4, -0.2) is 29.9 Å². The van der Waals surface area contributed by atoms with E-state index in [1.165, 1.54) is 0 Å². The molecule has 1 saturated carbocycles. The number of hydrogen-bond donors (Lipinski definition) is 1. The molecule has 1 aliphatic rings. The summed E-state index contributed by atoms with van der Waals surface area (Å²) in [5.41, 5.74) is 0.000257. The van der Waals surface area contributed by atoms with E-state index in [1.54, 1.807) is 0 Å². The van der Waals surface area contributed by atoms with Crippen LogP contribution in [0.2, 0.25) is 0 Å². The summed E-state index contributed by atoms with van der Waals surface area (Å²) in [6, 6.07) is 0. The van der Waals surface area contributed by atoms with E-state index >= 15 is 0 Å². The van der Waals surface area contributed by atoms with Crippen LogP contribution in [0.1, 0.15) is 73.1 Å². The van der Waals surface area contributed by atoms with Crippen molar-refractivity contribution >= 4 is 23.5 Å². The number of hydrogen-bond acceptors (Lipinski definition) is 3. The van der Waals surface area contributed by atoms with Crippen molar-refractivity contribution in [1.29, 1.82) is 0 Å². The first kappa shape index (κ1) is 20.3. The van der Waals surface area contributed by atoms with Crippen LogP contribution in [-0.2, 0) is 14.3 Å². The van der Waals surface area contributed by atoms with Crippen LogP contribution in [0, 0.1) is 10.8 Å². The average molecular weight is 346 g/mol. The highest BCUT2D eigenvalue weighted by Gasteiger charge is 2.47. The summed E-state index contributed by atoms with van der Waals surface area (Å²) in [6.07, 6.45) is 4.84. The minimum atomic E-state index is -0.288. The van der Waals surface area contributed by atoms with Crippen molar-refractivity contribution in [3.63, 3.8) is 0 Å². The molecule has 0 bridgehead atoms. The van der Waals surface area contributed by atoms with Crippen LogP contribution in [0.25, 0.3) is 0 Å². The molecule has 1 aliphatic carbocycles. The topological polar surface area (TPSA) is 55.4 Å². The van der Waals surface area contributed by atoms with Gasteiger partial charge in [-0.3, -0.25) is 9.59 Å². The molecule has 0 heterocycles. The van der Waals surface area contributed by atoms with Gasteiger partial charge in [0.1, 0.15) is 5.88 Å². The Morgan fingerprint density at radius 2 is 1.65 bits per heavy atom. The molecule has 0 radical (unpaired) electrons. The highest BCUT2D eigenvalue weighted by molar-refractivity contribution is 6.27. The maximum absolute atomic E-state index is 12.0. The van der Waals surface area contributed by atoms with Crippen LogP contribution in [0.15, 0.2) is 0 Å². The maximum Gasteiger partial charge on any atom is 0.305 e. The lowest BCUT2D eigenvalue weighted by Gasteiger charge is -2.52. The monoisotopic (exact) mass is 345 g/mol. The number of rotatable bonds is 7. The number of nitrogens with one attached hydrogen (secondary N) is 1. The highest BCUT2D eigenvalue weighted by atomic mass is 35.5. The molecule has 1 fully saturated rings. The fourth-order valence-electron chi connectivity index (χ4n) is 4.78. The minimum Gasteiger partial charge on any atom is -0.466 e. The van der Waals surface area contributed by atoms with E-state index in [0.29, 0.717) is 19.4 Å². The summed E-state index contributed by atoms with van der Waals surface area (Å²) in [5, 5.41) is 3.18. The quantitative estimate of drug-likeness (QED) is 0.559. The lowest BCUT2D eigenvalue weighted by Crippen LogP contribution is -2.57. The van der Waals surface area contributed by atoms with Gasteiger partial charge in [-0.15, -0.1) is 11.6 Å². The highest BCUT2D eigenvalue weighted by Crippen LogP contribution is 2.51. The van der Waals surface area contributed by atoms with Crippen LogP contribution in [0.5, 0.6) is 0 Å². The Labute approximate surface area is 145 Å². The summed E-state index contributed by atoms with van der Waals surface area (Å²) in [7, 11) is 0. The molecule has 0 aromatic carbocycles. The van der Waals surface area contributed by atoms with Gasteiger partial charge >= 0.3 is 5.97 Å². The first-order valence-corrected chi connectivity index (χ1v) is 9.09. The maximum atomic E-state index is 12.0. The summed E-state index contributed by atoms with van der Waals surface area (Å²) >= 11 is 5.71. The van der Waals surface area contributed by atoms with E-state index in [9.17, 15) is 9.59 Å². The van der Waals surface area contributed by atoms with Crippen LogP contribution < -0.4 is 5.32 Å². The fraction of sp³-hybridized carbons (Fsp3) is 0.889. The second kappa shape index (κ2) is 7.87. The zero-order chi connectivity index (χ0) is 17.7. The number of carbonyl (C=O) groups is 2. The number of carbonyl (C=O) groups excluding carboxylic acids is 2. The number of alkyl halides is 1. The van der Waals surface area contributed by atoms with E-state index in [2.05, 4.69) is 33.0 Å². The van der Waals surface area contributed by atoms with Gasteiger partial charge in [0.15, 0.2) is 0 Å². The summed E-state index contributed by atoms with van der Waals surface area (Å²) in [5.74, 6) is -0.322. The molecular formula is C18H32ClNO3. The van der Waals surface area contributed by atoms with Crippen LogP contribution in [0.3, 0.4) is 0 Å². The van der Waals surface area contributed by atoms with Crippen LogP contribution >= 0.6 is 11.6 Å². The van der Waals surface area contributed by atoms with Crippen molar-refractivity contribution in [2.24, 2.45) is 10.8 Å². The van der Waals surface area contributed by atoms with Gasteiger partial charge in [-0.2, -0.15) is 0 Å². The standard InChI is InChI=1S/C18H32ClNO3/c1-6-23-15(22)8-7-9-18(20-14(21)10-19)12-16(2,3)11-17(4,5)13-18/h6-13H2,1-5H3,(H,20,21). The number of amides is 1. The lowest BCUT2D eigenvalue weighted by atomic mass is 9.57. The van der Waals surface area contributed by atoms with Crippen molar-refractivity contribution in [1.82, 2.24) is 5.32 Å². The zero-order valence-electron chi connectivity index (χ0n) is 15.3. The van der Waals surface area contributed by atoms with Gasteiger partial charge in [0, 0.05) is 12.0 Å². The zero-order valence-corrected chi connectivity index (χ0v) is 16.0. The summed E-state index contributed by atoms with van der Waals surface area (Å²) in [6.45, 7) is 11.2. The van der Waals surface area contributed by atoms with Crippen molar-refractivity contribution in [3.05, 3.63) is 0 Å². The number of ether oxygens (including phenoxy) is 1. The van der Waals surface area contributed by atoms with E-state index in [4.69, 9.17) is 16.3 Å². The van der Waals surface area contributed by atoms with Gasteiger partial charge in [-0.25, -0.2) is 0 Å². The third-order valence-electron chi connectivity index (χ3n) is 4.46. The van der Waals surface area contributed by atoms with Gasteiger partial charge in [-0.05, 0) is 49.9 Å². The van der Waals surface area contributed by atoms with Gasteiger partial charge < -0.3 is 10.1 Å². The number of esters is 1. The molecular weight excluding hydrogens is 314 g/mol. The Morgan fingerprint density at radius 3 is 2.13 bits per heavy atom. The van der Waals surface area contributed by atoms with Gasteiger partial charge in [0.2, 0.25) is 5.91 Å². The molecule has 1 rings (SSSR count). The SMILES string of the molecule is CCOC(=O)CCCC1(NC(=O)CCl)CC(C)(C)CC(C)(C)C1. The second-order valence-electron chi connectivity index (χ2n) is 8.48. The van der Waals surface area contributed by atoms with Gasteiger partial charge in [-0.1, -0.05) is 27.7 Å². The van der Waals surface area contributed by atoms with E-state index in [1.807, 2.05) is 6.92 Å². The first-order chi connectivity index (χ1) is 10.5. The molecule has 0 atom stereocenters. The third-order valence-corrected chi connectivity index (χ3v) is 4.70. The average Bonchev–Trinajstić information content (AvgIpc) is 2.34. The Bertz CT molecular complexity index is 416. The third kappa shape index (κ3) is 6.70. The van der Waals surface area contributed by atoms with Crippen molar-refractivity contribution in [3.8, 4) is 0 Å². The largest absolute Gasteiger partial charge is 0.466 e. The van der Waals surface area contributed by atoms with Crippen LogP contribution in [0.4, 0.5) is 0 Å². The normalized spacial score (nSPS) is 21.5. The lowest BCUT2D eigenvalue weighted by molar-refractivity contribution is -0.143. The molecule has 0 spiro atoms. The van der Waals surface area contributed by atoms with Crippen molar-refractivity contribution in [2.75, 3.05) is 12.5 Å². The summed E-state index contributed by atoms with van der Waals surface area (Å²) in [4.78, 5) is 23.6. The van der Waals surface area contributed by atoms with E-state index in [-0.39, 0.29) is 34.1 Å². The Hall–Kier alpha value is -0.770. The van der Waals surface area contributed by atoms with Gasteiger partial charge in [0.05, 0.1) is 6.61 Å². The molecule has 134 valence electrons. The molecule has 4 nitrogen and oxygen atoms in total. The van der Waals surface area contributed by atoms with Crippen molar-refractivity contribution in [2.45, 2.75) is 78.7 Å². The molecule has 0 saturated heterocycles. The Morgan fingerprint density at radius 1 is 1.09 bits per heavy atom. The summed E-state index contributed by atoms with van der Waals surface area (Å²) < 4.78 is 5.00. The molecule has 0 aliphatic heterocycles. The molecule has 0 unspecified atom stereocenters. The second-order valence-corrected chi connectivity index (χ2v) is 8.75. The molecule has 0 aromatic heterocycles. The van der Waals surface area contributed by atoms with E-state index < -0.39 is 0 Å². The number of halogens is 1. The minimum absolute atomic E-state index is 0.0273. The molecule has 5 heteroatoms. The molecule has 1 N–H and O–H groups in total.